The topological polar surface area (TPSA) is 82.9 Å². The summed E-state index contributed by atoms with van der Waals surface area (Å²) in [4.78, 5) is 2.16. The minimum Gasteiger partial charge on any atom is -0.221 e. The molecule has 0 bridgehead atoms. The molecule has 0 aromatic heterocycles. The van der Waals surface area contributed by atoms with E-state index < -0.39 is 10.0 Å². The number of sulfonamides is 1. The monoisotopic (exact) mass is 149 g/mol. The zero-order valence-corrected chi connectivity index (χ0v) is 5.80. The third kappa shape index (κ3) is 3.81. The Hall–Kier alpha value is -0.740. The van der Waals surface area contributed by atoms with Crippen molar-refractivity contribution in [3.8, 4) is 0 Å². The summed E-state index contributed by atoms with van der Waals surface area (Å²) in [6.07, 6.45) is 0.474. The van der Waals surface area contributed by atoms with Crippen LogP contribution in [0.4, 0.5) is 0 Å². The molecule has 0 saturated heterocycles. The highest BCUT2D eigenvalue weighted by molar-refractivity contribution is 7.89. The van der Waals surface area contributed by atoms with Gasteiger partial charge >= 0.3 is 0 Å². The van der Waals surface area contributed by atoms with Crippen LogP contribution < -0.4 is 0 Å². The Kier molecular flexibility index (Phi) is 3.05. The van der Waals surface area contributed by atoms with E-state index in [-0.39, 0.29) is 5.75 Å². The van der Waals surface area contributed by atoms with Gasteiger partial charge in [-0.15, -0.1) is 0 Å². The van der Waals surface area contributed by atoms with E-state index in [2.05, 4.69) is 9.43 Å². The zero-order valence-electron chi connectivity index (χ0n) is 4.98. The van der Waals surface area contributed by atoms with E-state index in [1.165, 1.54) is 0 Å². The first-order valence-corrected chi connectivity index (χ1v) is 4.02. The average molecular weight is 149 g/mol. The largest absolute Gasteiger partial charge is 0.235 e. The predicted molar refractivity (Wildman–Crippen MR) is 33.2 cm³/mol. The first-order valence-electron chi connectivity index (χ1n) is 2.41. The number of nitrogens with zero attached hydrogens (tertiary/aromatic N) is 3. The van der Waals surface area contributed by atoms with Crippen molar-refractivity contribution < 1.29 is 8.42 Å². The molecule has 0 aromatic rings. The molecule has 0 rings (SSSR count). The van der Waals surface area contributed by atoms with Crippen LogP contribution in [0.5, 0.6) is 0 Å². The van der Waals surface area contributed by atoms with Crippen molar-refractivity contribution in [2.75, 3.05) is 5.75 Å². The number of hydrogen-bond donors (Lipinski definition) is 0. The molecule has 0 fully saturated rings. The van der Waals surface area contributed by atoms with Gasteiger partial charge in [-0.3, -0.25) is 0 Å². The van der Waals surface area contributed by atoms with Crippen molar-refractivity contribution in [1.82, 2.24) is 0 Å². The van der Waals surface area contributed by atoms with Crippen LogP contribution in [-0.2, 0) is 10.0 Å². The third-order valence-corrected chi connectivity index (χ3v) is 1.87. The van der Waals surface area contributed by atoms with Crippen molar-refractivity contribution in [1.29, 1.82) is 0 Å². The van der Waals surface area contributed by atoms with Gasteiger partial charge in [-0.05, 0) is 12.0 Å². The lowest BCUT2D eigenvalue weighted by Gasteiger charge is -1.87. The molecule has 0 N–H and O–H groups in total. The Bertz CT molecular complexity index is 213. The molecule has 9 heavy (non-hydrogen) atoms. The summed E-state index contributed by atoms with van der Waals surface area (Å²) < 4.78 is 23.4. The summed E-state index contributed by atoms with van der Waals surface area (Å²) in [6.45, 7) is 1.70. The van der Waals surface area contributed by atoms with Crippen molar-refractivity contribution in [3.63, 3.8) is 0 Å². The van der Waals surface area contributed by atoms with E-state index in [0.717, 1.165) is 0 Å². The summed E-state index contributed by atoms with van der Waals surface area (Å²) in [5.74, 6) is -0.0724. The van der Waals surface area contributed by atoms with Gasteiger partial charge in [0.1, 0.15) is 0 Å². The van der Waals surface area contributed by atoms with E-state index >= 15 is 0 Å². The molecule has 0 spiro atoms. The molecule has 0 aromatic carbocycles. The van der Waals surface area contributed by atoms with Crippen molar-refractivity contribution >= 4 is 10.0 Å². The zero-order chi connectivity index (χ0) is 7.33. The standard InChI is InChI=1S/C3H7N3O2S/c1-2-3-9(7,8)6-5-4/h2-3H2,1H3. The molecular weight excluding hydrogens is 142 g/mol. The van der Waals surface area contributed by atoms with Crippen molar-refractivity contribution in [2.45, 2.75) is 13.3 Å². The molecule has 0 unspecified atom stereocenters. The fourth-order valence-corrected chi connectivity index (χ4v) is 1.06. The summed E-state index contributed by atoms with van der Waals surface area (Å²) >= 11 is 0. The first kappa shape index (κ1) is 8.26. The van der Waals surface area contributed by atoms with Gasteiger partial charge in [0.15, 0.2) is 0 Å². The predicted octanol–water partition coefficient (Wildman–Crippen LogP) is 1.04. The Morgan fingerprint density at radius 3 is 2.56 bits per heavy atom. The number of azide groups is 1. The molecular formula is C3H7N3O2S. The Morgan fingerprint density at radius 1 is 1.67 bits per heavy atom. The van der Waals surface area contributed by atoms with Gasteiger partial charge in [-0.2, -0.15) is 0 Å². The van der Waals surface area contributed by atoms with Gasteiger partial charge in [0.25, 0.3) is 0 Å². The van der Waals surface area contributed by atoms with Crippen LogP contribution in [0.1, 0.15) is 13.3 Å². The van der Waals surface area contributed by atoms with Crippen LogP contribution >= 0.6 is 0 Å². The third-order valence-electron chi connectivity index (χ3n) is 0.623. The van der Waals surface area contributed by atoms with Gasteiger partial charge in [-0.25, -0.2) is 8.42 Å². The summed E-state index contributed by atoms with van der Waals surface area (Å²) in [7, 11) is -3.47. The molecule has 5 nitrogen and oxygen atoms in total. The maximum Gasteiger partial charge on any atom is 0.235 e. The van der Waals surface area contributed by atoms with Crippen LogP contribution in [0, 0.1) is 0 Å². The van der Waals surface area contributed by atoms with Gasteiger partial charge < -0.3 is 0 Å². The lowest BCUT2D eigenvalue weighted by atomic mass is 10.6. The molecule has 6 heteroatoms. The molecule has 52 valence electrons. The number of rotatable bonds is 3. The Morgan fingerprint density at radius 2 is 2.22 bits per heavy atom. The maximum absolute atomic E-state index is 10.4. The van der Waals surface area contributed by atoms with Gasteiger partial charge in [0.2, 0.25) is 10.0 Å². The minimum absolute atomic E-state index is 0.0724. The minimum atomic E-state index is -3.47. The molecule has 0 amide bonds. The lowest BCUT2D eigenvalue weighted by Crippen LogP contribution is -1.98. The second-order valence-electron chi connectivity index (χ2n) is 1.46. The summed E-state index contributed by atoms with van der Waals surface area (Å²) in [5, 5.41) is 0. The number of hydrogen-bond acceptors (Lipinski definition) is 2. The first-order chi connectivity index (χ1) is 4.12. The molecule has 0 atom stereocenters. The summed E-state index contributed by atoms with van der Waals surface area (Å²) in [5.41, 5.74) is 7.71. The van der Waals surface area contributed by atoms with E-state index in [1.54, 1.807) is 6.92 Å². The quantitative estimate of drug-likeness (QED) is 0.341. The van der Waals surface area contributed by atoms with E-state index in [0.29, 0.717) is 6.42 Å². The van der Waals surface area contributed by atoms with Crippen molar-refractivity contribution in [3.05, 3.63) is 10.4 Å². The highest BCUT2D eigenvalue weighted by atomic mass is 32.2. The van der Waals surface area contributed by atoms with E-state index in [9.17, 15) is 8.42 Å². The van der Waals surface area contributed by atoms with Crippen LogP contribution in [-0.4, -0.2) is 14.2 Å². The molecule has 0 aliphatic rings. The van der Waals surface area contributed by atoms with Gasteiger partial charge in [0, 0.05) is 9.43 Å². The smallest absolute Gasteiger partial charge is 0.221 e. The molecule has 0 heterocycles. The molecule has 0 aliphatic heterocycles. The fraction of sp³-hybridized carbons (Fsp3) is 1.00. The summed E-state index contributed by atoms with van der Waals surface area (Å²) in [6, 6.07) is 0. The second kappa shape index (κ2) is 3.32. The molecule has 0 radical (unpaired) electrons. The second-order valence-corrected chi connectivity index (χ2v) is 3.19. The SMILES string of the molecule is CCCS(=O)(=O)N=[N+]=[N-]. The highest BCUT2D eigenvalue weighted by Gasteiger charge is 2.02. The molecule has 0 aliphatic carbocycles. The average Bonchev–Trinajstić information content (AvgIpc) is 1.64. The van der Waals surface area contributed by atoms with E-state index in [1.807, 2.05) is 0 Å². The van der Waals surface area contributed by atoms with Crippen LogP contribution in [0.3, 0.4) is 0 Å². The van der Waals surface area contributed by atoms with Gasteiger partial charge in [-0.1, -0.05) is 6.92 Å². The van der Waals surface area contributed by atoms with Crippen LogP contribution in [0.25, 0.3) is 10.4 Å². The lowest BCUT2D eigenvalue weighted by molar-refractivity contribution is 0.596. The Labute approximate surface area is 53.4 Å². The normalized spacial score (nSPS) is 10.3. The van der Waals surface area contributed by atoms with Crippen molar-refractivity contribution in [2.24, 2.45) is 4.52 Å². The fourth-order valence-electron chi connectivity index (χ4n) is 0.354. The molecule has 0 saturated carbocycles. The Balaban J connectivity index is 4.22. The van der Waals surface area contributed by atoms with Crippen LogP contribution in [0.2, 0.25) is 0 Å². The van der Waals surface area contributed by atoms with Crippen LogP contribution in [0.15, 0.2) is 4.52 Å². The maximum atomic E-state index is 10.4. The highest BCUT2D eigenvalue weighted by Crippen LogP contribution is 1.93. The van der Waals surface area contributed by atoms with Gasteiger partial charge in [0.05, 0.1) is 5.75 Å². The van der Waals surface area contributed by atoms with E-state index in [4.69, 9.17) is 5.53 Å².